The summed E-state index contributed by atoms with van der Waals surface area (Å²) in [6.07, 6.45) is 8.71. The SMILES string of the molecule is CC(C)n1cc2c(n1)CCCCC2. The summed E-state index contributed by atoms with van der Waals surface area (Å²) in [5, 5.41) is 4.63. The van der Waals surface area contributed by atoms with Gasteiger partial charge >= 0.3 is 0 Å². The van der Waals surface area contributed by atoms with E-state index in [1.165, 1.54) is 43.4 Å². The van der Waals surface area contributed by atoms with E-state index >= 15 is 0 Å². The molecule has 0 N–H and O–H groups in total. The zero-order chi connectivity index (χ0) is 9.26. The van der Waals surface area contributed by atoms with E-state index in [-0.39, 0.29) is 0 Å². The quantitative estimate of drug-likeness (QED) is 0.605. The van der Waals surface area contributed by atoms with Gasteiger partial charge in [0, 0.05) is 12.2 Å². The molecule has 0 saturated carbocycles. The highest BCUT2D eigenvalue weighted by Gasteiger charge is 2.12. The van der Waals surface area contributed by atoms with Crippen LogP contribution in [0.1, 0.15) is 50.4 Å². The highest BCUT2D eigenvalue weighted by Crippen LogP contribution is 2.20. The molecule has 0 atom stereocenters. The van der Waals surface area contributed by atoms with Crippen LogP contribution in [0.4, 0.5) is 0 Å². The Labute approximate surface area is 80.0 Å². The van der Waals surface area contributed by atoms with Crippen molar-refractivity contribution in [1.82, 2.24) is 9.78 Å². The lowest BCUT2D eigenvalue weighted by Crippen LogP contribution is -2.01. The zero-order valence-corrected chi connectivity index (χ0v) is 8.58. The topological polar surface area (TPSA) is 17.8 Å². The third-order valence-corrected chi connectivity index (χ3v) is 2.78. The van der Waals surface area contributed by atoms with Crippen LogP contribution in [0.5, 0.6) is 0 Å². The summed E-state index contributed by atoms with van der Waals surface area (Å²) in [6.45, 7) is 4.37. The Bertz CT molecular complexity index is 263. The van der Waals surface area contributed by atoms with E-state index < -0.39 is 0 Å². The first-order valence-electron chi connectivity index (χ1n) is 5.34. The molecule has 1 aliphatic carbocycles. The van der Waals surface area contributed by atoms with Crippen LogP contribution < -0.4 is 0 Å². The second-order valence-corrected chi connectivity index (χ2v) is 4.24. The van der Waals surface area contributed by atoms with Crippen LogP contribution in [0.25, 0.3) is 0 Å². The largest absolute Gasteiger partial charge is 0.270 e. The highest BCUT2D eigenvalue weighted by atomic mass is 15.3. The normalized spacial score (nSPS) is 17.2. The van der Waals surface area contributed by atoms with Crippen molar-refractivity contribution < 1.29 is 0 Å². The van der Waals surface area contributed by atoms with Crippen LogP contribution >= 0.6 is 0 Å². The van der Waals surface area contributed by atoms with E-state index in [0.29, 0.717) is 6.04 Å². The fourth-order valence-electron chi connectivity index (χ4n) is 1.94. The Morgan fingerprint density at radius 2 is 2.00 bits per heavy atom. The van der Waals surface area contributed by atoms with Crippen molar-refractivity contribution in [2.75, 3.05) is 0 Å². The first-order chi connectivity index (χ1) is 6.27. The zero-order valence-electron chi connectivity index (χ0n) is 8.58. The Kier molecular flexibility index (Phi) is 2.38. The van der Waals surface area contributed by atoms with Gasteiger partial charge in [-0.15, -0.1) is 0 Å². The maximum Gasteiger partial charge on any atom is 0.0656 e. The molecule has 2 heteroatoms. The maximum atomic E-state index is 4.63. The lowest BCUT2D eigenvalue weighted by atomic mass is 10.1. The minimum atomic E-state index is 0.506. The van der Waals surface area contributed by atoms with E-state index in [1.54, 1.807) is 0 Å². The molecule has 2 rings (SSSR count). The predicted molar refractivity (Wildman–Crippen MR) is 53.9 cm³/mol. The Balaban J connectivity index is 2.27. The number of rotatable bonds is 1. The lowest BCUT2D eigenvalue weighted by molar-refractivity contribution is 0.523. The molecule has 0 amide bonds. The molecule has 1 heterocycles. The van der Waals surface area contributed by atoms with E-state index in [1.807, 2.05) is 0 Å². The van der Waals surface area contributed by atoms with Crippen LogP contribution in [0, 0.1) is 0 Å². The van der Waals surface area contributed by atoms with Gasteiger partial charge in [-0.2, -0.15) is 5.10 Å². The van der Waals surface area contributed by atoms with E-state index in [4.69, 9.17) is 0 Å². The van der Waals surface area contributed by atoms with Crippen molar-refractivity contribution in [3.05, 3.63) is 17.5 Å². The molecule has 0 bridgehead atoms. The molecular formula is C11H18N2. The molecule has 0 fully saturated rings. The van der Waals surface area contributed by atoms with Gasteiger partial charge in [-0.05, 0) is 45.1 Å². The number of fused-ring (bicyclic) bond motifs is 1. The van der Waals surface area contributed by atoms with Gasteiger partial charge in [0.15, 0.2) is 0 Å². The second-order valence-electron chi connectivity index (χ2n) is 4.24. The standard InChI is InChI=1S/C11H18N2/c1-9(2)13-8-10-6-4-3-5-7-11(10)12-13/h8-9H,3-7H2,1-2H3. The third kappa shape index (κ3) is 1.77. The molecule has 0 unspecified atom stereocenters. The lowest BCUT2D eigenvalue weighted by Gasteiger charge is -2.03. The molecule has 1 aromatic rings. The number of aromatic nitrogens is 2. The smallest absolute Gasteiger partial charge is 0.0656 e. The van der Waals surface area contributed by atoms with Crippen molar-refractivity contribution >= 4 is 0 Å². The first-order valence-corrected chi connectivity index (χ1v) is 5.34. The van der Waals surface area contributed by atoms with Crippen molar-refractivity contribution in [2.45, 2.75) is 52.0 Å². The average molecular weight is 178 g/mol. The number of aryl methyl sites for hydroxylation is 2. The number of nitrogens with zero attached hydrogens (tertiary/aromatic N) is 2. The van der Waals surface area contributed by atoms with Crippen LogP contribution in [0.3, 0.4) is 0 Å². The highest BCUT2D eigenvalue weighted by molar-refractivity contribution is 5.18. The van der Waals surface area contributed by atoms with Gasteiger partial charge in [-0.25, -0.2) is 0 Å². The number of hydrogen-bond acceptors (Lipinski definition) is 1. The fourth-order valence-corrected chi connectivity index (χ4v) is 1.94. The Hall–Kier alpha value is -0.790. The van der Waals surface area contributed by atoms with Gasteiger partial charge in [-0.3, -0.25) is 4.68 Å². The molecule has 0 aliphatic heterocycles. The minimum Gasteiger partial charge on any atom is -0.270 e. The van der Waals surface area contributed by atoms with E-state index in [9.17, 15) is 0 Å². The maximum absolute atomic E-state index is 4.63. The minimum absolute atomic E-state index is 0.506. The summed E-state index contributed by atoms with van der Waals surface area (Å²) >= 11 is 0. The van der Waals surface area contributed by atoms with E-state index in [0.717, 1.165) is 0 Å². The summed E-state index contributed by atoms with van der Waals surface area (Å²) in [4.78, 5) is 0. The summed E-state index contributed by atoms with van der Waals surface area (Å²) in [6, 6.07) is 0.506. The average Bonchev–Trinajstić information content (AvgIpc) is 2.38. The van der Waals surface area contributed by atoms with Gasteiger partial charge < -0.3 is 0 Å². The van der Waals surface area contributed by atoms with Crippen molar-refractivity contribution in [1.29, 1.82) is 0 Å². The molecule has 0 radical (unpaired) electrons. The van der Waals surface area contributed by atoms with Crippen molar-refractivity contribution in [3.63, 3.8) is 0 Å². The summed E-state index contributed by atoms with van der Waals surface area (Å²) < 4.78 is 2.11. The molecule has 72 valence electrons. The molecule has 0 aromatic carbocycles. The fraction of sp³-hybridized carbons (Fsp3) is 0.727. The first kappa shape index (κ1) is 8.79. The van der Waals surface area contributed by atoms with Crippen LogP contribution in [-0.4, -0.2) is 9.78 Å². The Morgan fingerprint density at radius 3 is 2.77 bits per heavy atom. The number of hydrogen-bond donors (Lipinski definition) is 0. The van der Waals surface area contributed by atoms with Gasteiger partial charge in [0.1, 0.15) is 0 Å². The molecule has 0 saturated heterocycles. The van der Waals surface area contributed by atoms with Gasteiger partial charge in [0.25, 0.3) is 0 Å². The van der Waals surface area contributed by atoms with Crippen molar-refractivity contribution in [2.24, 2.45) is 0 Å². The molecule has 1 aliphatic rings. The third-order valence-electron chi connectivity index (χ3n) is 2.78. The predicted octanol–water partition coefficient (Wildman–Crippen LogP) is 2.73. The Morgan fingerprint density at radius 1 is 1.23 bits per heavy atom. The molecule has 0 spiro atoms. The van der Waals surface area contributed by atoms with Gasteiger partial charge in [0.05, 0.1) is 5.69 Å². The molecule has 1 aromatic heterocycles. The van der Waals surface area contributed by atoms with Crippen LogP contribution in [0.15, 0.2) is 6.20 Å². The molecular weight excluding hydrogens is 160 g/mol. The monoisotopic (exact) mass is 178 g/mol. The van der Waals surface area contributed by atoms with Crippen molar-refractivity contribution in [3.8, 4) is 0 Å². The van der Waals surface area contributed by atoms with Gasteiger partial charge in [-0.1, -0.05) is 6.42 Å². The molecule has 13 heavy (non-hydrogen) atoms. The van der Waals surface area contributed by atoms with E-state index in [2.05, 4.69) is 29.8 Å². The summed E-state index contributed by atoms with van der Waals surface area (Å²) in [5.41, 5.74) is 2.84. The second kappa shape index (κ2) is 3.52. The summed E-state index contributed by atoms with van der Waals surface area (Å²) in [7, 11) is 0. The summed E-state index contributed by atoms with van der Waals surface area (Å²) in [5.74, 6) is 0. The van der Waals surface area contributed by atoms with Crippen LogP contribution in [0.2, 0.25) is 0 Å². The van der Waals surface area contributed by atoms with Gasteiger partial charge in [0.2, 0.25) is 0 Å². The van der Waals surface area contributed by atoms with Crippen LogP contribution in [-0.2, 0) is 12.8 Å². The molecule has 2 nitrogen and oxygen atoms in total.